The monoisotopic (exact) mass is 637 g/mol. The first-order chi connectivity index (χ1) is 24.8. The molecule has 0 amide bonds. The molecule has 50 heavy (non-hydrogen) atoms. The zero-order valence-corrected chi connectivity index (χ0v) is 27.2. The van der Waals surface area contributed by atoms with Gasteiger partial charge in [0.05, 0.1) is 16.9 Å². The fourth-order valence-electron chi connectivity index (χ4n) is 6.77. The van der Waals surface area contributed by atoms with Crippen LogP contribution in [-0.4, -0.2) is 15.0 Å². The lowest BCUT2D eigenvalue weighted by atomic mass is 9.92. The standard InChI is InChI=1S/C47H31N3/c1-3-11-35(12-4-1)45-30-46(36-13-5-2-6-14-36)50-47(49-45)37-27-25-34(26-28-37)41-17-10-18-42-40(16-9-19-43(41)42)33-23-21-32(22-24-33)39-29-38-15-7-8-20-44(38)48-31-39/h1-31H. The maximum absolute atomic E-state index is 5.02. The molecule has 0 spiro atoms. The fraction of sp³-hybridized carbons (Fsp3) is 0. The Labute approximate surface area is 291 Å². The summed E-state index contributed by atoms with van der Waals surface area (Å²) in [5.41, 5.74) is 12.9. The molecule has 0 aliphatic rings. The van der Waals surface area contributed by atoms with E-state index in [2.05, 4.69) is 138 Å². The van der Waals surface area contributed by atoms with E-state index in [4.69, 9.17) is 9.97 Å². The fourth-order valence-corrected chi connectivity index (χ4v) is 6.77. The normalized spacial score (nSPS) is 11.2. The Balaban J connectivity index is 1.06. The van der Waals surface area contributed by atoms with Crippen LogP contribution >= 0.6 is 0 Å². The molecule has 0 saturated carbocycles. The zero-order chi connectivity index (χ0) is 33.3. The van der Waals surface area contributed by atoms with Gasteiger partial charge in [-0.3, -0.25) is 4.98 Å². The molecule has 7 aromatic carbocycles. The number of pyridine rings is 1. The van der Waals surface area contributed by atoms with Gasteiger partial charge in [0.15, 0.2) is 5.82 Å². The number of rotatable bonds is 6. The SMILES string of the molecule is c1ccc(-c2cc(-c3ccccc3)nc(-c3ccc(-c4cccc5c(-c6ccc(-c7cnc8ccccc8c7)cc6)cccc45)cc3)n2)cc1. The summed E-state index contributed by atoms with van der Waals surface area (Å²) in [6.07, 6.45) is 1.96. The van der Waals surface area contributed by atoms with E-state index < -0.39 is 0 Å². The number of hydrogen-bond donors (Lipinski definition) is 0. The van der Waals surface area contributed by atoms with Crippen molar-refractivity contribution in [2.45, 2.75) is 0 Å². The third kappa shape index (κ3) is 5.61. The minimum absolute atomic E-state index is 0.708. The molecule has 0 radical (unpaired) electrons. The predicted molar refractivity (Wildman–Crippen MR) is 207 cm³/mol. The van der Waals surface area contributed by atoms with Gasteiger partial charge in [-0.2, -0.15) is 0 Å². The van der Waals surface area contributed by atoms with Gasteiger partial charge in [-0.25, -0.2) is 9.97 Å². The van der Waals surface area contributed by atoms with Crippen LogP contribution in [0.3, 0.4) is 0 Å². The van der Waals surface area contributed by atoms with Crippen LogP contribution < -0.4 is 0 Å². The molecule has 0 bridgehead atoms. The average molecular weight is 638 g/mol. The van der Waals surface area contributed by atoms with E-state index in [1.807, 2.05) is 54.7 Å². The number of para-hydroxylation sites is 1. The molecule has 0 aliphatic carbocycles. The van der Waals surface area contributed by atoms with Crippen molar-refractivity contribution in [2.24, 2.45) is 0 Å². The highest BCUT2D eigenvalue weighted by Crippen LogP contribution is 2.37. The maximum atomic E-state index is 5.02. The van der Waals surface area contributed by atoms with Crippen LogP contribution in [0.15, 0.2) is 188 Å². The van der Waals surface area contributed by atoms with E-state index in [0.29, 0.717) is 5.82 Å². The van der Waals surface area contributed by atoms with Crippen LogP contribution in [-0.2, 0) is 0 Å². The number of benzene rings is 7. The Hall–Kier alpha value is -6.71. The van der Waals surface area contributed by atoms with E-state index in [1.165, 1.54) is 27.5 Å². The molecule has 2 aromatic heterocycles. The smallest absolute Gasteiger partial charge is 0.160 e. The minimum atomic E-state index is 0.708. The van der Waals surface area contributed by atoms with E-state index in [-0.39, 0.29) is 0 Å². The van der Waals surface area contributed by atoms with E-state index in [1.54, 1.807) is 0 Å². The third-order valence-corrected chi connectivity index (χ3v) is 9.36. The quantitative estimate of drug-likeness (QED) is 0.182. The van der Waals surface area contributed by atoms with E-state index in [0.717, 1.165) is 55.7 Å². The molecule has 0 unspecified atom stereocenters. The molecule has 9 aromatic rings. The molecule has 0 N–H and O–H groups in total. The minimum Gasteiger partial charge on any atom is -0.256 e. The maximum Gasteiger partial charge on any atom is 0.160 e. The molecule has 234 valence electrons. The van der Waals surface area contributed by atoms with Gasteiger partial charge in [0.1, 0.15) is 0 Å². The number of fused-ring (bicyclic) bond motifs is 2. The molecule has 0 atom stereocenters. The van der Waals surface area contributed by atoms with E-state index in [9.17, 15) is 0 Å². The first-order valence-corrected chi connectivity index (χ1v) is 16.8. The lowest BCUT2D eigenvalue weighted by Crippen LogP contribution is -1.96. The van der Waals surface area contributed by atoms with Gasteiger partial charge in [0.25, 0.3) is 0 Å². The summed E-state index contributed by atoms with van der Waals surface area (Å²) >= 11 is 0. The Morgan fingerprint density at radius 3 is 1.40 bits per heavy atom. The second-order valence-electron chi connectivity index (χ2n) is 12.5. The van der Waals surface area contributed by atoms with Crippen molar-refractivity contribution < 1.29 is 0 Å². The summed E-state index contributed by atoms with van der Waals surface area (Å²) < 4.78 is 0. The van der Waals surface area contributed by atoms with Gasteiger partial charge >= 0.3 is 0 Å². The molecule has 9 rings (SSSR count). The lowest BCUT2D eigenvalue weighted by Gasteiger charge is -2.13. The van der Waals surface area contributed by atoms with Gasteiger partial charge in [-0.1, -0.05) is 164 Å². The van der Waals surface area contributed by atoms with Crippen molar-refractivity contribution >= 4 is 21.7 Å². The molecule has 3 heteroatoms. The highest BCUT2D eigenvalue weighted by Gasteiger charge is 2.13. The van der Waals surface area contributed by atoms with Crippen LogP contribution in [0.1, 0.15) is 0 Å². The van der Waals surface area contributed by atoms with Crippen molar-refractivity contribution in [2.75, 3.05) is 0 Å². The molecule has 3 nitrogen and oxygen atoms in total. The average Bonchev–Trinajstić information content (AvgIpc) is 3.21. The topological polar surface area (TPSA) is 38.7 Å². The summed E-state index contributed by atoms with van der Waals surface area (Å²) in [6, 6.07) is 63.8. The van der Waals surface area contributed by atoms with Crippen LogP contribution in [0.5, 0.6) is 0 Å². The number of nitrogens with zero attached hydrogens (tertiary/aromatic N) is 3. The Morgan fingerprint density at radius 2 is 0.820 bits per heavy atom. The summed E-state index contributed by atoms with van der Waals surface area (Å²) in [5, 5.41) is 3.59. The van der Waals surface area contributed by atoms with Crippen molar-refractivity contribution in [3.8, 4) is 67.3 Å². The molecule has 2 heterocycles. The first kappa shape index (κ1) is 29.4. The van der Waals surface area contributed by atoms with Gasteiger partial charge < -0.3 is 0 Å². The molecule has 0 fully saturated rings. The van der Waals surface area contributed by atoms with Crippen LogP contribution in [0.4, 0.5) is 0 Å². The van der Waals surface area contributed by atoms with Gasteiger partial charge in [-0.15, -0.1) is 0 Å². The molecule has 0 aliphatic heterocycles. The summed E-state index contributed by atoms with van der Waals surface area (Å²) in [5.74, 6) is 0.708. The van der Waals surface area contributed by atoms with Gasteiger partial charge in [0, 0.05) is 33.8 Å². The van der Waals surface area contributed by atoms with E-state index >= 15 is 0 Å². The van der Waals surface area contributed by atoms with Crippen LogP contribution in [0, 0.1) is 0 Å². The zero-order valence-electron chi connectivity index (χ0n) is 27.2. The van der Waals surface area contributed by atoms with Crippen molar-refractivity contribution in [1.82, 2.24) is 15.0 Å². The largest absolute Gasteiger partial charge is 0.256 e. The van der Waals surface area contributed by atoms with Crippen LogP contribution in [0.2, 0.25) is 0 Å². The second kappa shape index (κ2) is 12.7. The predicted octanol–water partition coefficient (Wildman–Crippen LogP) is 12.2. The van der Waals surface area contributed by atoms with Crippen molar-refractivity contribution in [3.05, 3.63) is 188 Å². The second-order valence-corrected chi connectivity index (χ2v) is 12.5. The molecular formula is C47H31N3. The number of aromatic nitrogens is 3. The summed E-state index contributed by atoms with van der Waals surface area (Å²) in [6.45, 7) is 0. The highest BCUT2D eigenvalue weighted by molar-refractivity contribution is 6.04. The molecular weight excluding hydrogens is 607 g/mol. The van der Waals surface area contributed by atoms with Crippen molar-refractivity contribution in [3.63, 3.8) is 0 Å². The Morgan fingerprint density at radius 1 is 0.320 bits per heavy atom. The first-order valence-electron chi connectivity index (χ1n) is 16.8. The van der Waals surface area contributed by atoms with Gasteiger partial charge in [-0.05, 0) is 56.8 Å². The molecule has 0 saturated heterocycles. The van der Waals surface area contributed by atoms with Gasteiger partial charge in [0.2, 0.25) is 0 Å². The number of hydrogen-bond acceptors (Lipinski definition) is 3. The Bertz CT molecular complexity index is 2550. The Kier molecular flexibility index (Phi) is 7.49. The summed E-state index contributed by atoms with van der Waals surface area (Å²) in [4.78, 5) is 14.7. The van der Waals surface area contributed by atoms with Crippen LogP contribution in [0.25, 0.3) is 89.0 Å². The highest BCUT2D eigenvalue weighted by atomic mass is 14.9. The third-order valence-electron chi connectivity index (χ3n) is 9.36. The summed E-state index contributed by atoms with van der Waals surface area (Å²) in [7, 11) is 0. The lowest BCUT2D eigenvalue weighted by molar-refractivity contribution is 1.18. The van der Waals surface area contributed by atoms with Crippen molar-refractivity contribution in [1.29, 1.82) is 0 Å².